The Balaban J connectivity index is 2.16. The van der Waals surface area contributed by atoms with Crippen molar-refractivity contribution < 1.29 is 14.7 Å². The number of aryl methyl sites for hydroxylation is 1. The zero-order valence-corrected chi connectivity index (χ0v) is 11.2. The van der Waals surface area contributed by atoms with Crippen LogP contribution in [-0.2, 0) is 7.05 Å². The molecule has 0 aliphatic carbocycles. The third-order valence-corrected chi connectivity index (χ3v) is 2.75. The molecule has 2 aromatic rings. The Kier molecular flexibility index (Phi) is 3.90. The predicted octanol–water partition coefficient (Wildman–Crippen LogP) is 2.42. The van der Waals surface area contributed by atoms with Gasteiger partial charge in [-0.05, 0) is 12.1 Å². The lowest BCUT2D eigenvalue weighted by Crippen LogP contribution is -2.20. The summed E-state index contributed by atoms with van der Waals surface area (Å²) in [5.41, 5.74) is 0.450. The second-order valence-corrected chi connectivity index (χ2v) is 4.36. The van der Waals surface area contributed by atoms with E-state index in [-0.39, 0.29) is 16.3 Å². The van der Waals surface area contributed by atoms with Crippen molar-refractivity contribution in [2.45, 2.75) is 0 Å². The first-order chi connectivity index (χ1) is 9.47. The third kappa shape index (κ3) is 3.07. The Morgan fingerprint density at radius 3 is 2.70 bits per heavy atom. The summed E-state index contributed by atoms with van der Waals surface area (Å²) in [6.45, 7) is 0. The number of aromatic nitrogens is 2. The van der Waals surface area contributed by atoms with Crippen molar-refractivity contribution in [3.63, 3.8) is 0 Å². The first-order valence-corrected chi connectivity index (χ1v) is 5.93. The van der Waals surface area contributed by atoms with E-state index < -0.39 is 12.0 Å². The lowest BCUT2D eigenvalue weighted by Gasteiger charge is -2.09. The SMILES string of the molecule is Cn1cc(NC(=O)Nc2cccc(Cl)c2C(=O)O)cn1. The van der Waals surface area contributed by atoms with Gasteiger partial charge in [-0.3, -0.25) is 4.68 Å². The highest BCUT2D eigenvalue weighted by molar-refractivity contribution is 6.34. The van der Waals surface area contributed by atoms with Crippen LogP contribution in [0.15, 0.2) is 30.6 Å². The molecule has 3 N–H and O–H groups in total. The summed E-state index contributed by atoms with van der Waals surface area (Å²) in [6.07, 6.45) is 3.07. The van der Waals surface area contributed by atoms with Gasteiger partial charge >= 0.3 is 12.0 Å². The highest BCUT2D eigenvalue weighted by Crippen LogP contribution is 2.24. The quantitative estimate of drug-likeness (QED) is 0.810. The number of amides is 2. The van der Waals surface area contributed by atoms with Crippen molar-refractivity contribution in [2.75, 3.05) is 10.6 Å². The van der Waals surface area contributed by atoms with Crippen LogP contribution in [0.1, 0.15) is 10.4 Å². The van der Waals surface area contributed by atoms with Gasteiger partial charge in [0.05, 0.1) is 22.6 Å². The summed E-state index contributed by atoms with van der Waals surface area (Å²) in [5.74, 6) is -1.22. The van der Waals surface area contributed by atoms with E-state index in [4.69, 9.17) is 16.7 Å². The Morgan fingerprint density at radius 2 is 2.10 bits per heavy atom. The fourth-order valence-corrected chi connectivity index (χ4v) is 1.87. The molecule has 2 rings (SSSR count). The molecule has 1 heterocycles. The second-order valence-electron chi connectivity index (χ2n) is 3.95. The van der Waals surface area contributed by atoms with Gasteiger partial charge in [-0.15, -0.1) is 0 Å². The minimum absolute atomic E-state index is 0.0525. The van der Waals surface area contributed by atoms with E-state index in [2.05, 4.69) is 15.7 Å². The van der Waals surface area contributed by atoms with Crippen molar-refractivity contribution in [3.8, 4) is 0 Å². The fraction of sp³-hybridized carbons (Fsp3) is 0.0833. The van der Waals surface area contributed by atoms with Gasteiger partial charge in [0.25, 0.3) is 0 Å². The number of carbonyl (C=O) groups excluding carboxylic acids is 1. The Labute approximate surface area is 119 Å². The van der Waals surface area contributed by atoms with Crippen molar-refractivity contribution in [1.82, 2.24) is 9.78 Å². The van der Waals surface area contributed by atoms with E-state index in [1.54, 1.807) is 19.3 Å². The smallest absolute Gasteiger partial charge is 0.339 e. The van der Waals surface area contributed by atoms with Crippen molar-refractivity contribution in [3.05, 3.63) is 41.2 Å². The van der Waals surface area contributed by atoms with E-state index in [0.717, 1.165) is 0 Å². The molecule has 0 spiro atoms. The number of carboxylic acids is 1. The number of halogens is 1. The molecule has 0 bridgehead atoms. The molecular formula is C12H11ClN4O3. The van der Waals surface area contributed by atoms with E-state index in [1.807, 2.05) is 0 Å². The largest absolute Gasteiger partial charge is 0.478 e. The lowest BCUT2D eigenvalue weighted by atomic mass is 10.2. The number of hydrogen-bond acceptors (Lipinski definition) is 3. The Bertz CT molecular complexity index is 668. The minimum atomic E-state index is -1.22. The number of rotatable bonds is 3. The molecule has 0 aliphatic heterocycles. The van der Waals surface area contributed by atoms with Gasteiger partial charge in [0.15, 0.2) is 0 Å². The van der Waals surface area contributed by atoms with Crippen LogP contribution >= 0.6 is 11.6 Å². The topological polar surface area (TPSA) is 96.2 Å². The molecular weight excluding hydrogens is 284 g/mol. The van der Waals surface area contributed by atoms with Crippen molar-refractivity contribution in [2.24, 2.45) is 7.05 Å². The van der Waals surface area contributed by atoms with Gasteiger partial charge in [-0.2, -0.15) is 5.10 Å². The second kappa shape index (κ2) is 5.62. The van der Waals surface area contributed by atoms with Crippen LogP contribution in [0.3, 0.4) is 0 Å². The maximum atomic E-state index is 11.8. The number of hydrogen-bond donors (Lipinski definition) is 3. The molecule has 2 amide bonds. The number of benzene rings is 1. The third-order valence-electron chi connectivity index (χ3n) is 2.44. The predicted molar refractivity (Wildman–Crippen MR) is 74.3 cm³/mol. The van der Waals surface area contributed by atoms with Crippen LogP contribution in [0.5, 0.6) is 0 Å². The van der Waals surface area contributed by atoms with Crippen LogP contribution in [0.2, 0.25) is 5.02 Å². The molecule has 0 fully saturated rings. The number of carboxylic acid groups (broad SMARTS) is 1. The number of carbonyl (C=O) groups is 2. The summed E-state index contributed by atoms with van der Waals surface area (Å²) >= 11 is 5.81. The standard InChI is InChI=1S/C12H11ClN4O3/c1-17-6-7(5-14-17)15-12(20)16-9-4-2-3-8(13)10(9)11(18)19/h2-6H,1H3,(H,18,19)(H2,15,16,20). The monoisotopic (exact) mass is 294 g/mol. The average molecular weight is 295 g/mol. The number of aromatic carboxylic acids is 1. The molecule has 8 heteroatoms. The van der Waals surface area contributed by atoms with Crippen molar-refractivity contribution in [1.29, 1.82) is 0 Å². The van der Waals surface area contributed by atoms with Crippen LogP contribution < -0.4 is 10.6 Å². The van der Waals surface area contributed by atoms with Crippen LogP contribution in [0, 0.1) is 0 Å². The van der Waals surface area contributed by atoms with Crippen molar-refractivity contribution >= 4 is 35.0 Å². The zero-order chi connectivity index (χ0) is 14.7. The lowest BCUT2D eigenvalue weighted by molar-refractivity contribution is 0.0698. The summed E-state index contributed by atoms with van der Waals surface area (Å²) in [5, 5.41) is 18.0. The molecule has 0 saturated heterocycles. The molecule has 7 nitrogen and oxygen atoms in total. The summed E-state index contributed by atoms with van der Waals surface area (Å²) in [4.78, 5) is 22.9. The zero-order valence-electron chi connectivity index (χ0n) is 10.4. The maximum Gasteiger partial charge on any atom is 0.339 e. The summed E-state index contributed by atoms with van der Waals surface area (Å²) < 4.78 is 1.53. The van der Waals surface area contributed by atoms with Crippen LogP contribution in [0.25, 0.3) is 0 Å². The van der Waals surface area contributed by atoms with Gasteiger partial charge < -0.3 is 15.7 Å². The van der Waals surface area contributed by atoms with E-state index in [1.165, 1.54) is 23.0 Å². The molecule has 1 aromatic carbocycles. The molecule has 0 saturated carbocycles. The first kappa shape index (κ1) is 13.9. The Morgan fingerprint density at radius 1 is 1.35 bits per heavy atom. The summed E-state index contributed by atoms with van der Waals surface area (Å²) in [6, 6.07) is 3.87. The number of anilines is 2. The van der Waals surface area contributed by atoms with Gasteiger partial charge in [0.1, 0.15) is 5.56 Å². The molecule has 1 aromatic heterocycles. The number of nitrogens with one attached hydrogen (secondary N) is 2. The Hall–Kier alpha value is -2.54. The van der Waals surface area contributed by atoms with Gasteiger partial charge in [-0.1, -0.05) is 17.7 Å². The van der Waals surface area contributed by atoms with E-state index >= 15 is 0 Å². The van der Waals surface area contributed by atoms with E-state index in [0.29, 0.717) is 5.69 Å². The van der Waals surface area contributed by atoms with Gasteiger partial charge in [0.2, 0.25) is 0 Å². The molecule has 0 aliphatic rings. The average Bonchev–Trinajstić information content (AvgIpc) is 2.74. The van der Waals surface area contributed by atoms with E-state index in [9.17, 15) is 9.59 Å². The molecule has 20 heavy (non-hydrogen) atoms. The first-order valence-electron chi connectivity index (χ1n) is 5.56. The molecule has 0 atom stereocenters. The highest BCUT2D eigenvalue weighted by Gasteiger charge is 2.16. The molecule has 104 valence electrons. The molecule has 0 unspecified atom stereocenters. The van der Waals surface area contributed by atoms with Crippen LogP contribution in [-0.4, -0.2) is 26.9 Å². The number of urea groups is 1. The highest BCUT2D eigenvalue weighted by atomic mass is 35.5. The normalized spacial score (nSPS) is 10.1. The summed E-state index contributed by atoms with van der Waals surface area (Å²) in [7, 11) is 1.71. The van der Waals surface area contributed by atoms with Gasteiger partial charge in [-0.25, -0.2) is 9.59 Å². The van der Waals surface area contributed by atoms with Gasteiger partial charge in [0, 0.05) is 13.2 Å². The maximum absolute atomic E-state index is 11.8. The number of nitrogens with zero attached hydrogens (tertiary/aromatic N) is 2. The minimum Gasteiger partial charge on any atom is -0.478 e. The molecule has 0 radical (unpaired) electrons. The fourth-order valence-electron chi connectivity index (χ4n) is 1.62. The van der Waals surface area contributed by atoms with Crippen LogP contribution in [0.4, 0.5) is 16.2 Å².